The normalized spacial score (nSPS) is 10.9. The smallest absolute Gasteiger partial charge is 0.213 e. The number of nitrogens with zero attached hydrogens (tertiary/aromatic N) is 1. The van der Waals surface area contributed by atoms with Crippen LogP contribution in [0.25, 0.3) is 0 Å². The van der Waals surface area contributed by atoms with Crippen LogP contribution in [-0.2, 0) is 11.3 Å². The lowest BCUT2D eigenvalue weighted by Crippen LogP contribution is -2.11. The highest BCUT2D eigenvalue weighted by Crippen LogP contribution is 2.18. The van der Waals surface area contributed by atoms with Crippen molar-refractivity contribution in [3.8, 4) is 5.88 Å². The van der Waals surface area contributed by atoms with Crippen LogP contribution in [0.15, 0.2) is 12.3 Å². The Labute approximate surface area is 107 Å². The predicted octanol–water partition coefficient (Wildman–Crippen LogP) is 2.25. The average Bonchev–Trinajstić information content (AvgIpc) is 2.30. The van der Waals surface area contributed by atoms with E-state index < -0.39 is 0 Å². The predicted molar refractivity (Wildman–Crippen MR) is 68.3 cm³/mol. The molecule has 1 aromatic rings. The largest absolute Gasteiger partial charge is 0.475 e. The second kappa shape index (κ2) is 7.48. The molecule has 0 aromatic carbocycles. The molecule has 2 N–H and O–H groups in total. The first kappa shape index (κ1) is 14.2. The van der Waals surface area contributed by atoms with E-state index in [0.29, 0.717) is 36.6 Å². The van der Waals surface area contributed by atoms with Gasteiger partial charge in [0.1, 0.15) is 6.61 Å². The van der Waals surface area contributed by atoms with Gasteiger partial charge in [-0.1, -0.05) is 25.4 Å². The molecule has 17 heavy (non-hydrogen) atoms. The second-order valence-corrected chi connectivity index (χ2v) is 4.54. The van der Waals surface area contributed by atoms with E-state index in [4.69, 9.17) is 26.8 Å². The van der Waals surface area contributed by atoms with E-state index in [2.05, 4.69) is 18.8 Å². The van der Waals surface area contributed by atoms with E-state index in [9.17, 15) is 0 Å². The molecule has 4 nitrogen and oxygen atoms in total. The average molecular weight is 259 g/mol. The van der Waals surface area contributed by atoms with Crippen molar-refractivity contribution in [2.24, 2.45) is 11.7 Å². The van der Waals surface area contributed by atoms with Crippen LogP contribution in [-0.4, -0.2) is 24.8 Å². The molecule has 0 saturated carbocycles. The zero-order chi connectivity index (χ0) is 12.7. The van der Waals surface area contributed by atoms with Gasteiger partial charge in [0.15, 0.2) is 0 Å². The first-order valence-electron chi connectivity index (χ1n) is 5.68. The van der Waals surface area contributed by atoms with E-state index in [1.165, 1.54) is 0 Å². The summed E-state index contributed by atoms with van der Waals surface area (Å²) in [4.78, 5) is 4.05. The molecule has 0 bridgehead atoms. The molecule has 0 aliphatic carbocycles. The molecule has 0 aliphatic heterocycles. The highest BCUT2D eigenvalue weighted by atomic mass is 35.5. The lowest BCUT2D eigenvalue weighted by atomic mass is 10.2. The number of pyridine rings is 1. The van der Waals surface area contributed by atoms with Crippen molar-refractivity contribution in [3.63, 3.8) is 0 Å². The highest BCUT2D eigenvalue weighted by molar-refractivity contribution is 6.31. The molecular weight excluding hydrogens is 240 g/mol. The molecule has 96 valence electrons. The summed E-state index contributed by atoms with van der Waals surface area (Å²) >= 11 is 5.89. The van der Waals surface area contributed by atoms with Gasteiger partial charge < -0.3 is 15.2 Å². The topological polar surface area (TPSA) is 57.4 Å². The van der Waals surface area contributed by atoms with E-state index in [1.54, 1.807) is 12.3 Å². The summed E-state index contributed by atoms with van der Waals surface area (Å²) in [5.41, 5.74) is 6.37. The molecule has 5 heteroatoms. The molecule has 0 fully saturated rings. The third-order valence-electron chi connectivity index (χ3n) is 2.06. The Bertz CT molecular complexity index is 345. The molecule has 1 rings (SSSR count). The standard InChI is InChI=1S/C12H19ClN2O2/c1-9(2)8-16-3-4-17-12-5-10(6-14)11(13)7-15-12/h5,7,9H,3-4,6,8,14H2,1-2H3. The quantitative estimate of drug-likeness (QED) is 0.762. The summed E-state index contributed by atoms with van der Waals surface area (Å²) in [6, 6.07) is 1.75. The van der Waals surface area contributed by atoms with E-state index in [-0.39, 0.29) is 0 Å². The molecule has 1 heterocycles. The zero-order valence-corrected chi connectivity index (χ0v) is 11.0. The maximum atomic E-state index is 5.89. The number of aromatic nitrogens is 1. The second-order valence-electron chi connectivity index (χ2n) is 4.14. The Balaban J connectivity index is 2.32. The number of hydrogen-bond donors (Lipinski definition) is 1. The third-order valence-corrected chi connectivity index (χ3v) is 2.40. The van der Waals surface area contributed by atoms with Crippen LogP contribution >= 0.6 is 11.6 Å². The van der Waals surface area contributed by atoms with Crippen LogP contribution in [0.3, 0.4) is 0 Å². The maximum Gasteiger partial charge on any atom is 0.213 e. The van der Waals surface area contributed by atoms with Gasteiger partial charge in [-0.15, -0.1) is 0 Å². The van der Waals surface area contributed by atoms with Gasteiger partial charge in [0.05, 0.1) is 11.6 Å². The summed E-state index contributed by atoms with van der Waals surface area (Å²) < 4.78 is 10.8. The summed E-state index contributed by atoms with van der Waals surface area (Å²) in [5.74, 6) is 1.07. The molecule has 0 radical (unpaired) electrons. The van der Waals surface area contributed by atoms with Gasteiger partial charge in [-0.3, -0.25) is 0 Å². The van der Waals surface area contributed by atoms with Crippen molar-refractivity contribution in [1.82, 2.24) is 4.98 Å². The minimum atomic E-state index is 0.377. The summed E-state index contributed by atoms with van der Waals surface area (Å²) in [6.07, 6.45) is 1.55. The maximum absolute atomic E-state index is 5.89. The molecule has 0 aliphatic rings. The van der Waals surface area contributed by atoms with E-state index >= 15 is 0 Å². The van der Waals surface area contributed by atoms with Crippen molar-refractivity contribution in [1.29, 1.82) is 0 Å². The Kier molecular flexibility index (Phi) is 6.26. The van der Waals surface area contributed by atoms with Gasteiger partial charge in [-0.05, 0) is 11.5 Å². The molecule has 0 unspecified atom stereocenters. The molecule has 1 aromatic heterocycles. The molecule has 0 spiro atoms. The van der Waals surface area contributed by atoms with E-state index in [0.717, 1.165) is 12.2 Å². The van der Waals surface area contributed by atoms with Crippen molar-refractivity contribution in [2.75, 3.05) is 19.8 Å². The summed E-state index contributed by atoms with van der Waals surface area (Å²) in [7, 11) is 0. The molecule has 0 amide bonds. The van der Waals surface area contributed by atoms with Crippen molar-refractivity contribution >= 4 is 11.6 Å². The monoisotopic (exact) mass is 258 g/mol. The van der Waals surface area contributed by atoms with Gasteiger partial charge >= 0.3 is 0 Å². The number of hydrogen-bond acceptors (Lipinski definition) is 4. The highest BCUT2D eigenvalue weighted by Gasteiger charge is 2.02. The summed E-state index contributed by atoms with van der Waals surface area (Å²) in [6.45, 7) is 6.36. The Hall–Kier alpha value is -0.840. The third kappa shape index (κ3) is 5.35. The number of halogens is 1. The van der Waals surface area contributed by atoms with Gasteiger partial charge in [-0.25, -0.2) is 4.98 Å². The van der Waals surface area contributed by atoms with Gasteiger partial charge in [-0.2, -0.15) is 0 Å². The van der Waals surface area contributed by atoms with Crippen LogP contribution < -0.4 is 10.5 Å². The van der Waals surface area contributed by atoms with Crippen molar-refractivity contribution in [3.05, 3.63) is 22.8 Å². The Morgan fingerprint density at radius 2 is 2.18 bits per heavy atom. The van der Waals surface area contributed by atoms with Crippen LogP contribution in [0.2, 0.25) is 5.02 Å². The van der Waals surface area contributed by atoms with Gasteiger partial charge in [0.2, 0.25) is 5.88 Å². The SMILES string of the molecule is CC(C)COCCOc1cc(CN)c(Cl)cn1. The summed E-state index contributed by atoms with van der Waals surface area (Å²) in [5, 5.41) is 0.566. The van der Waals surface area contributed by atoms with Crippen molar-refractivity contribution < 1.29 is 9.47 Å². The number of nitrogens with two attached hydrogens (primary N) is 1. The Morgan fingerprint density at radius 1 is 1.41 bits per heavy atom. The van der Waals surface area contributed by atoms with Crippen LogP contribution in [0, 0.1) is 5.92 Å². The minimum absolute atomic E-state index is 0.377. The lowest BCUT2D eigenvalue weighted by molar-refractivity contribution is 0.0806. The van der Waals surface area contributed by atoms with Gasteiger partial charge in [0, 0.05) is 25.4 Å². The molecule has 0 atom stereocenters. The van der Waals surface area contributed by atoms with Crippen LogP contribution in [0.1, 0.15) is 19.4 Å². The number of ether oxygens (including phenoxy) is 2. The molecular formula is C12H19ClN2O2. The fourth-order valence-electron chi connectivity index (χ4n) is 1.22. The van der Waals surface area contributed by atoms with Gasteiger partial charge in [0.25, 0.3) is 0 Å². The first-order chi connectivity index (χ1) is 8.13. The lowest BCUT2D eigenvalue weighted by Gasteiger charge is -2.09. The van der Waals surface area contributed by atoms with Crippen LogP contribution in [0.4, 0.5) is 0 Å². The van der Waals surface area contributed by atoms with E-state index in [1.807, 2.05) is 0 Å². The fraction of sp³-hybridized carbons (Fsp3) is 0.583. The van der Waals surface area contributed by atoms with Crippen molar-refractivity contribution in [2.45, 2.75) is 20.4 Å². The molecule has 0 saturated heterocycles. The Morgan fingerprint density at radius 3 is 2.82 bits per heavy atom. The zero-order valence-electron chi connectivity index (χ0n) is 10.3. The number of rotatable bonds is 7. The fourth-order valence-corrected chi connectivity index (χ4v) is 1.40. The first-order valence-corrected chi connectivity index (χ1v) is 6.06. The minimum Gasteiger partial charge on any atom is -0.475 e. The van der Waals surface area contributed by atoms with Crippen LogP contribution in [0.5, 0.6) is 5.88 Å².